The van der Waals surface area contributed by atoms with E-state index in [0.29, 0.717) is 12.0 Å². The van der Waals surface area contributed by atoms with Gasteiger partial charge >= 0.3 is 0 Å². The first-order chi connectivity index (χ1) is 11.2. The molecule has 0 unspecified atom stereocenters. The molecular formula is C18H24ClN3O. The van der Waals surface area contributed by atoms with Gasteiger partial charge in [-0.25, -0.2) is 0 Å². The van der Waals surface area contributed by atoms with Crippen molar-refractivity contribution >= 4 is 11.6 Å². The number of halogens is 1. The first kappa shape index (κ1) is 16.5. The average Bonchev–Trinajstić information content (AvgIpc) is 3.11. The number of nitrogens with zero attached hydrogens (tertiary/aromatic N) is 2. The third-order valence-electron chi connectivity index (χ3n) is 4.71. The molecular weight excluding hydrogens is 310 g/mol. The molecule has 1 aliphatic rings. The van der Waals surface area contributed by atoms with Crippen LogP contribution in [0.4, 0.5) is 0 Å². The maximum absolute atomic E-state index is 6.02. The number of aromatic nitrogens is 2. The van der Waals surface area contributed by atoms with E-state index in [1.165, 1.54) is 5.56 Å². The van der Waals surface area contributed by atoms with E-state index in [1.807, 2.05) is 35.3 Å². The van der Waals surface area contributed by atoms with Gasteiger partial charge in [0, 0.05) is 43.2 Å². The van der Waals surface area contributed by atoms with Crippen LogP contribution in [-0.4, -0.2) is 35.6 Å². The number of nitrogens with one attached hydrogen (secondary N) is 1. The summed E-state index contributed by atoms with van der Waals surface area (Å²) in [5.74, 6) is 0.687. The Morgan fingerprint density at radius 1 is 1.30 bits per heavy atom. The minimum Gasteiger partial charge on any atom is -0.381 e. The lowest BCUT2D eigenvalue weighted by molar-refractivity contribution is 0.0556. The van der Waals surface area contributed by atoms with E-state index in [9.17, 15) is 0 Å². The van der Waals surface area contributed by atoms with E-state index in [0.717, 1.165) is 37.6 Å². The molecule has 124 valence electrons. The lowest BCUT2D eigenvalue weighted by atomic mass is 9.92. The summed E-state index contributed by atoms with van der Waals surface area (Å²) in [6.45, 7) is 4.90. The number of ether oxygens (including phenoxy) is 1. The topological polar surface area (TPSA) is 39.1 Å². The Morgan fingerprint density at radius 3 is 2.70 bits per heavy atom. The van der Waals surface area contributed by atoms with Crippen molar-refractivity contribution in [3.8, 4) is 0 Å². The molecule has 1 N–H and O–H groups in total. The molecule has 0 radical (unpaired) electrons. The second-order valence-electron chi connectivity index (χ2n) is 6.20. The summed E-state index contributed by atoms with van der Waals surface area (Å²) in [5.41, 5.74) is 1.21. The van der Waals surface area contributed by atoms with Crippen LogP contribution in [0, 0.1) is 5.92 Å². The summed E-state index contributed by atoms with van der Waals surface area (Å²) in [6.07, 6.45) is 6.12. The molecule has 23 heavy (non-hydrogen) atoms. The molecule has 2 atom stereocenters. The van der Waals surface area contributed by atoms with Crippen LogP contribution in [-0.2, 0) is 4.74 Å². The molecule has 2 heterocycles. The van der Waals surface area contributed by atoms with Crippen LogP contribution in [0.5, 0.6) is 0 Å². The summed E-state index contributed by atoms with van der Waals surface area (Å²) in [5, 5.41) is 8.89. The largest absolute Gasteiger partial charge is 0.381 e. The van der Waals surface area contributed by atoms with E-state index < -0.39 is 0 Å². The van der Waals surface area contributed by atoms with Gasteiger partial charge in [-0.1, -0.05) is 23.7 Å². The molecule has 5 heteroatoms. The normalized spacial score (nSPS) is 18.7. The zero-order valence-electron chi connectivity index (χ0n) is 13.5. The maximum Gasteiger partial charge on any atom is 0.0892 e. The fraction of sp³-hybridized carbons (Fsp3) is 0.500. The van der Waals surface area contributed by atoms with Gasteiger partial charge in [-0.05, 0) is 49.4 Å². The number of hydrogen-bond acceptors (Lipinski definition) is 3. The van der Waals surface area contributed by atoms with Gasteiger partial charge in [0.15, 0.2) is 0 Å². The highest BCUT2D eigenvalue weighted by Crippen LogP contribution is 2.22. The average molecular weight is 334 g/mol. The Labute approximate surface area is 142 Å². The van der Waals surface area contributed by atoms with Gasteiger partial charge in [0.2, 0.25) is 0 Å². The summed E-state index contributed by atoms with van der Waals surface area (Å²) in [4.78, 5) is 0. The smallest absolute Gasteiger partial charge is 0.0892 e. The highest BCUT2D eigenvalue weighted by molar-refractivity contribution is 6.30. The zero-order valence-corrected chi connectivity index (χ0v) is 14.2. The Balaban J connectivity index is 1.68. The number of rotatable bonds is 6. The van der Waals surface area contributed by atoms with Gasteiger partial charge in [0.1, 0.15) is 0 Å². The van der Waals surface area contributed by atoms with E-state index in [-0.39, 0.29) is 6.04 Å². The Bertz CT molecular complexity index is 579. The van der Waals surface area contributed by atoms with Gasteiger partial charge in [0.05, 0.1) is 6.04 Å². The van der Waals surface area contributed by atoms with Crippen LogP contribution in [0.2, 0.25) is 5.02 Å². The van der Waals surface area contributed by atoms with Crippen molar-refractivity contribution in [2.75, 3.05) is 19.8 Å². The van der Waals surface area contributed by atoms with Crippen molar-refractivity contribution in [1.82, 2.24) is 15.1 Å². The molecule has 0 spiro atoms. The quantitative estimate of drug-likeness (QED) is 0.879. The highest BCUT2D eigenvalue weighted by Gasteiger charge is 2.22. The Morgan fingerprint density at radius 2 is 2.04 bits per heavy atom. The fourth-order valence-electron chi connectivity index (χ4n) is 3.19. The van der Waals surface area contributed by atoms with Crippen molar-refractivity contribution < 1.29 is 4.74 Å². The molecule has 4 nitrogen and oxygen atoms in total. The molecule has 0 aliphatic carbocycles. The van der Waals surface area contributed by atoms with Gasteiger partial charge in [0.25, 0.3) is 0 Å². The van der Waals surface area contributed by atoms with Crippen molar-refractivity contribution in [2.45, 2.75) is 31.8 Å². The minimum atomic E-state index is 0.171. The zero-order chi connectivity index (χ0) is 16.1. The summed E-state index contributed by atoms with van der Waals surface area (Å²) in [7, 11) is 0. The third-order valence-corrected chi connectivity index (χ3v) is 4.96. The highest BCUT2D eigenvalue weighted by atomic mass is 35.5. The minimum absolute atomic E-state index is 0.171. The SMILES string of the molecule is C[C@H](NC[C@@H](c1ccc(Cl)cc1)n1cccn1)C1CCOCC1. The molecule has 1 fully saturated rings. The van der Waals surface area contributed by atoms with E-state index >= 15 is 0 Å². The van der Waals surface area contributed by atoms with Crippen molar-refractivity contribution in [1.29, 1.82) is 0 Å². The Hall–Kier alpha value is -1.36. The molecule has 0 saturated carbocycles. The van der Waals surface area contributed by atoms with Crippen molar-refractivity contribution in [2.24, 2.45) is 5.92 Å². The van der Waals surface area contributed by atoms with E-state index in [2.05, 4.69) is 29.5 Å². The molecule has 2 aromatic rings. The van der Waals surface area contributed by atoms with Gasteiger partial charge < -0.3 is 10.1 Å². The molecule has 1 saturated heterocycles. The standard InChI is InChI=1S/C18H24ClN3O/c1-14(15-7-11-23-12-8-15)20-13-18(22-10-2-9-21-22)16-3-5-17(19)6-4-16/h2-6,9-10,14-15,18,20H,7-8,11-13H2,1H3/t14-,18-/m0/s1. The number of benzene rings is 1. The third kappa shape index (κ3) is 4.34. The van der Waals surface area contributed by atoms with Crippen LogP contribution in [0.3, 0.4) is 0 Å². The second-order valence-corrected chi connectivity index (χ2v) is 6.64. The molecule has 0 bridgehead atoms. The van der Waals surface area contributed by atoms with Crippen LogP contribution >= 0.6 is 11.6 Å². The monoisotopic (exact) mass is 333 g/mol. The van der Waals surface area contributed by atoms with Crippen molar-refractivity contribution in [3.63, 3.8) is 0 Å². The summed E-state index contributed by atoms with van der Waals surface area (Å²) < 4.78 is 7.47. The maximum atomic E-state index is 6.02. The number of hydrogen-bond donors (Lipinski definition) is 1. The molecule has 0 amide bonds. The molecule has 1 aromatic heterocycles. The predicted molar refractivity (Wildman–Crippen MR) is 92.8 cm³/mol. The molecule has 1 aliphatic heterocycles. The fourth-order valence-corrected chi connectivity index (χ4v) is 3.32. The predicted octanol–water partition coefficient (Wildman–Crippen LogP) is 3.53. The van der Waals surface area contributed by atoms with Gasteiger partial charge in [-0.2, -0.15) is 5.10 Å². The first-order valence-electron chi connectivity index (χ1n) is 8.30. The summed E-state index contributed by atoms with van der Waals surface area (Å²) in [6, 6.07) is 10.6. The Kier molecular flexibility index (Phi) is 5.70. The first-order valence-corrected chi connectivity index (χ1v) is 8.67. The van der Waals surface area contributed by atoms with E-state index in [4.69, 9.17) is 16.3 Å². The van der Waals surface area contributed by atoms with Crippen LogP contribution in [0.25, 0.3) is 0 Å². The molecule has 3 rings (SSSR count). The lowest BCUT2D eigenvalue weighted by Crippen LogP contribution is -2.40. The summed E-state index contributed by atoms with van der Waals surface area (Å²) >= 11 is 6.02. The van der Waals surface area contributed by atoms with Crippen LogP contribution < -0.4 is 5.32 Å². The van der Waals surface area contributed by atoms with Gasteiger partial charge in [-0.3, -0.25) is 4.68 Å². The molecule has 1 aromatic carbocycles. The van der Waals surface area contributed by atoms with Gasteiger partial charge in [-0.15, -0.1) is 0 Å². The van der Waals surface area contributed by atoms with Crippen LogP contribution in [0.1, 0.15) is 31.4 Å². The second kappa shape index (κ2) is 7.95. The van der Waals surface area contributed by atoms with Crippen molar-refractivity contribution in [3.05, 3.63) is 53.3 Å². The van der Waals surface area contributed by atoms with E-state index in [1.54, 1.807) is 0 Å². The lowest BCUT2D eigenvalue weighted by Gasteiger charge is -2.30. The van der Waals surface area contributed by atoms with Crippen LogP contribution in [0.15, 0.2) is 42.7 Å².